The highest BCUT2D eigenvalue weighted by Crippen LogP contribution is 2.42. The first kappa shape index (κ1) is 26.1. The third-order valence-corrected chi connectivity index (χ3v) is 7.91. The van der Waals surface area contributed by atoms with E-state index in [1.54, 1.807) is 0 Å². The maximum atomic E-state index is 13.8. The zero-order valence-corrected chi connectivity index (χ0v) is 21.0. The summed E-state index contributed by atoms with van der Waals surface area (Å²) in [6, 6.07) is 4.15. The fourth-order valence-electron chi connectivity index (χ4n) is 4.91. The second kappa shape index (κ2) is 8.87. The number of hydrogen-bond donors (Lipinski definition) is 2. The van der Waals surface area contributed by atoms with Crippen LogP contribution in [0.25, 0.3) is 5.69 Å². The van der Waals surface area contributed by atoms with E-state index in [2.05, 4.69) is 10.4 Å². The van der Waals surface area contributed by atoms with Crippen LogP contribution in [0.5, 0.6) is 0 Å². The molecule has 0 saturated carbocycles. The average molecular weight is 528 g/mol. The Hall–Kier alpha value is -2.93. The lowest BCUT2D eigenvalue weighted by Gasteiger charge is -2.31. The number of carbonyl (C=O) groups is 2. The largest absolute Gasteiger partial charge is 0.435 e. The summed E-state index contributed by atoms with van der Waals surface area (Å²) in [4.78, 5) is 24.8. The number of fused-ring (bicyclic) bond motifs is 1. The molecule has 0 radical (unpaired) electrons. The molecule has 0 bridgehead atoms. The van der Waals surface area contributed by atoms with Gasteiger partial charge >= 0.3 is 6.18 Å². The van der Waals surface area contributed by atoms with Gasteiger partial charge in [0, 0.05) is 31.2 Å². The molecule has 196 valence electrons. The number of piperidine rings is 1. The summed E-state index contributed by atoms with van der Waals surface area (Å²) in [6.45, 7) is 4.21. The van der Waals surface area contributed by atoms with E-state index in [1.165, 1.54) is 22.5 Å². The minimum atomic E-state index is -4.81. The Morgan fingerprint density at radius 1 is 1.19 bits per heavy atom. The third-order valence-electron chi connectivity index (χ3n) is 6.61. The second-order valence-electron chi connectivity index (χ2n) is 10.2. The first-order valence-electron chi connectivity index (χ1n) is 11.4. The number of sulfonamides is 1. The summed E-state index contributed by atoms with van der Waals surface area (Å²) in [6.07, 6.45) is -2.55. The van der Waals surface area contributed by atoms with E-state index in [-0.39, 0.29) is 35.8 Å². The van der Waals surface area contributed by atoms with Crippen LogP contribution in [0.3, 0.4) is 0 Å². The van der Waals surface area contributed by atoms with Crippen LogP contribution in [0.2, 0.25) is 0 Å². The second-order valence-corrected chi connectivity index (χ2v) is 12.2. The monoisotopic (exact) mass is 527 g/mol. The number of anilines is 1. The number of Topliss-reactive ketones (excluding diaryl/α,β-unsaturated/α-hetero) is 1. The molecular formula is C23H28F3N5O4S. The van der Waals surface area contributed by atoms with Crippen LogP contribution in [0.1, 0.15) is 65.2 Å². The van der Waals surface area contributed by atoms with E-state index in [0.29, 0.717) is 31.6 Å². The number of carbonyl (C=O) groups excluding carboxylic acids is 2. The number of primary amides is 1. The summed E-state index contributed by atoms with van der Waals surface area (Å²) in [7, 11) is -3.32. The molecule has 1 aliphatic carbocycles. The molecule has 1 saturated heterocycles. The predicted molar refractivity (Wildman–Crippen MR) is 127 cm³/mol. The van der Waals surface area contributed by atoms with E-state index in [1.807, 2.05) is 13.8 Å². The number of amides is 1. The Bertz CT molecular complexity index is 1330. The predicted octanol–water partition coefficient (Wildman–Crippen LogP) is 2.98. The van der Waals surface area contributed by atoms with Gasteiger partial charge in [-0.15, -0.1) is 0 Å². The van der Waals surface area contributed by atoms with Gasteiger partial charge in [-0.3, -0.25) is 9.59 Å². The number of hydrogen-bond acceptors (Lipinski definition) is 6. The van der Waals surface area contributed by atoms with Gasteiger partial charge in [0.2, 0.25) is 10.0 Å². The molecule has 4 rings (SSSR count). The summed E-state index contributed by atoms with van der Waals surface area (Å²) in [5, 5.41) is 7.00. The molecule has 1 amide bonds. The molecule has 1 fully saturated rings. The van der Waals surface area contributed by atoms with Crippen LogP contribution < -0.4 is 11.1 Å². The summed E-state index contributed by atoms with van der Waals surface area (Å²) in [5.41, 5.74) is 4.20. The SMILES string of the molecule is CC1(C)CC(=O)c2c(C(F)(F)F)nn(-c3ccc(C(N)=O)c(NC4CCN(S(C)(=O)=O)CC4)c3)c2C1. The normalized spacial score (nSPS) is 19.2. The molecule has 1 aromatic carbocycles. The first-order valence-corrected chi connectivity index (χ1v) is 13.3. The minimum absolute atomic E-state index is 0.0195. The smallest absolute Gasteiger partial charge is 0.382 e. The number of benzene rings is 1. The number of rotatable bonds is 5. The quantitative estimate of drug-likeness (QED) is 0.616. The molecule has 0 unspecified atom stereocenters. The Balaban J connectivity index is 1.74. The Labute approximate surface area is 206 Å². The molecule has 2 aromatic rings. The number of alkyl halides is 3. The van der Waals surface area contributed by atoms with Gasteiger partial charge in [-0.1, -0.05) is 13.8 Å². The average Bonchev–Trinajstić information content (AvgIpc) is 3.12. The number of nitrogens with one attached hydrogen (secondary N) is 1. The van der Waals surface area contributed by atoms with Crippen molar-refractivity contribution < 1.29 is 31.2 Å². The highest BCUT2D eigenvalue weighted by Gasteiger charge is 2.45. The molecule has 1 aliphatic heterocycles. The minimum Gasteiger partial charge on any atom is -0.382 e. The van der Waals surface area contributed by atoms with Crippen LogP contribution in [-0.4, -0.2) is 59.6 Å². The fraction of sp³-hybridized carbons (Fsp3) is 0.522. The van der Waals surface area contributed by atoms with E-state index in [9.17, 15) is 31.2 Å². The summed E-state index contributed by atoms with van der Waals surface area (Å²) >= 11 is 0. The maximum absolute atomic E-state index is 13.8. The lowest BCUT2D eigenvalue weighted by atomic mass is 9.75. The maximum Gasteiger partial charge on any atom is 0.435 e. The number of nitrogens with two attached hydrogens (primary N) is 1. The number of aromatic nitrogens is 2. The number of ketones is 1. The van der Waals surface area contributed by atoms with Gasteiger partial charge in [-0.2, -0.15) is 18.3 Å². The molecule has 9 nitrogen and oxygen atoms in total. The van der Waals surface area contributed by atoms with E-state index >= 15 is 0 Å². The molecule has 3 N–H and O–H groups in total. The van der Waals surface area contributed by atoms with Crippen LogP contribution >= 0.6 is 0 Å². The fourth-order valence-corrected chi connectivity index (χ4v) is 5.78. The van der Waals surface area contributed by atoms with Crippen molar-refractivity contribution in [2.45, 2.75) is 51.7 Å². The topological polar surface area (TPSA) is 127 Å². The van der Waals surface area contributed by atoms with Crippen molar-refractivity contribution in [1.82, 2.24) is 14.1 Å². The van der Waals surface area contributed by atoms with Gasteiger partial charge in [0.05, 0.1) is 28.8 Å². The van der Waals surface area contributed by atoms with Gasteiger partial charge < -0.3 is 11.1 Å². The van der Waals surface area contributed by atoms with Crippen LogP contribution in [0.15, 0.2) is 18.2 Å². The van der Waals surface area contributed by atoms with Gasteiger partial charge in [0.15, 0.2) is 11.5 Å². The van der Waals surface area contributed by atoms with Gasteiger partial charge in [0.25, 0.3) is 5.91 Å². The van der Waals surface area contributed by atoms with Crippen molar-refractivity contribution >= 4 is 27.4 Å². The molecule has 0 atom stereocenters. The zero-order valence-electron chi connectivity index (χ0n) is 20.1. The van der Waals surface area contributed by atoms with Crippen LogP contribution in [0, 0.1) is 5.41 Å². The summed E-state index contributed by atoms with van der Waals surface area (Å²) < 4.78 is 67.4. The van der Waals surface area contributed by atoms with Crippen molar-refractivity contribution in [2.75, 3.05) is 24.7 Å². The lowest BCUT2D eigenvalue weighted by molar-refractivity contribution is -0.141. The van der Waals surface area contributed by atoms with Crippen molar-refractivity contribution in [3.05, 3.63) is 40.7 Å². The van der Waals surface area contributed by atoms with Crippen molar-refractivity contribution in [2.24, 2.45) is 11.1 Å². The van der Waals surface area contributed by atoms with Crippen molar-refractivity contribution in [3.8, 4) is 5.69 Å². The molecule has 1 aromatic heterocycles. The number of halogens is 3. The molecule has 0 spiro atoms. The lowest BCUT2D eigenvalue weighted by Crippen LogP contribution is -2.42. The standard InChI is InChI=1S/C23H28F3N5O4S/c1-22(2)11-17-19(18(32)12-22)20(23(24,25)26)29-31(17)14-4-5-15(21(27)33)16(10-14)28-13-6-8-30(9-7-13)36(3,34)35/h4-5,10,13,28H,6-9,11-12H2,1-3H3,(H2,27,33). The van der Waals surface area contributed by atoms with E-state index in [4.69, 9.17) is 5.73 Å². The van der Waals surface area contributed by atoms with E-state index in [0.717, 1.165) is 10.9 Å². The molecule has 2 heterocycles. The van der Waals surface area contributed by atoms with Gasteiger partial charge in [-0.25, -0.2) is 17.4 Å². The summed E-state index contributed by atoms with van der Waals surface area (Å²) in [5.74, 6) is -1.34. The zero-order chi connectivity index (χ0) is 26.6. The number of nitrogens with zero attached hydrogens (tertiary/aromatic N) is 3. The van der Waals surface area contributed by atoms with Crippen LogP contribution in [-0.2, 0) is 22.6 Å². The highest BCUT2D eigenvalue weighted by molar-refractivity contribution is 7.88. The van der Waals surface area contributed by atoms with Gasteiger partial charge in [-0.05, 0) is 42.9 Å². The highest BCUT2D eigenvalue weighted by atomic mass is 32.2. The molecular weight excluding hydrogens is 499 g/mol. The van der Waals surface area contributed by atoms with E-state index < -0.39 is 44.6 Å². The van der Waals surface area contributed by atoms with Crippen molar-refractivity contribution in [3.63, 3.8) is 0 Å². The molecule has 36 heavy (non-hydrogen) atoms. The third kappa shape index (κ3) is 5.12. The Morgan fingerprint density at radius 2 is 1.83 bits per heavy atom. The van der Waals surface area contributed by atoms with Gasteiger partial charge in [0.1, 0.15) is 0 Å². The molecule has 13 heteroatoms. The Kier molecular flexibility index (Phi) is 6.44. The Morgan fingerprint density at radius 3 is 2.39 bits per heavy atom. The first-order chi connectivity index (χ1) is 16.6. The van der Waals surface area contributed by atoms with Crippen molar-refractivity contribution in [1.29, 1.82) is 0 Å². The van der Waals surface area contributed by atoms with Crippen LogP contribution in [0.4, 0.5) is 18.9 Å². The molecule has 2 aliphatic rings.